The van der Waals surface area contributed by atoms with Gasteiger partial charge in [0, 0.05) is 18.1 Å². The summed E-state index contributed by atoms with van der Waals surface area (Å²) < 4.78 is 16.5. The Morgan fingerprint density at radius 1 is 1.40 bits per heavy atom. The minimum absolute atomic E-state index is 0.0402. The lowest BCUT2D eigenvalue weighted by atomic mass is 9.83. The van der Waals surface area contributed by atoms with Crippen molar-refractivity contribution in [3.63, 3.8) is 0 Å². The lowest BCUT2D eigenvalue weighted by Crippen LogP contribution is -2.45. The smallest absolute Gasteiger partial charge is 0.334 e. The Bertz CT molecular complexity index is 778. The molecule has 8 heteroatoms. The van der Waals surface area contributed by atoms with Crippen LogP contribution < -0.4 is 0 Å². The third kappa shape index (κ3) is 5.24. The first-order valence-corrected chi connectivity index (χ1v) is 9.96. The molecule has 0 spiro atoms. The molecule has 1 aliphatic carbocycles. The van der Waals surface area contributed by atoms with E-state index in [1.165, 1.54) is 6.92 Å². The number of aldehydes is 1. The molecule has 0 amide bonds. The number of fused-ring (bicyclic) bond motifs is 1. The van der Waals surface area contributed by atoms with Crippen molar-refractivity contribution < 1.29 is 38.5 Å². The molecule has 0 aromatic heterocycles. The minimum atomic E-state index is -1.23. The van der Waals surface area contributed by atoms with E-state index in [0.717, 1.165) is 0 Å². The molecule has 164 valence electrons. The molecule has 1 N–H and O–H groups in total. The van der Waals surface area contributed by atoms with Crippen molar-refractivity contribution in [1.82, 2.24) is 0 Å². The van der Waals surface area contributed by atoms with Gasteiger partial charge in [0.2, 0.25) is 0 Å². The van der Waals surface area contributed by atoms with Gasteiger partial charge in [0.25, 0.3) is 0 Å². The molecule has 0 aromatic rings. The Hall–Kier alpha value is -2.74. The van der Waals surface area contributed by atoms with E-state index in [9.17, 15) is 24.3 Å². The standard InChI is InChI=1S/C22H28O8/c1-5-12(2)21(26)30-20-18-13(3)22(27)29-17(18)9-15(10-23)7-6-8-16(11-24)19(20)28-14(4)25/h8-9,11-12,17-20,23H,3,5-7,10H2,1-2,4H3/b15-9-,16-8-/t12?,17-,18+,19?,20+/m1/s1. The van der Waals surface area contributed by atoms with Crippen LogP contribution >= 0.6 is 0 Å². The fraction of sp³-hybridized carbons (Fsp3) is 0.545. The molecule has 30 heavy (non-hydrogen) atoms. The number of rotatable bonds is 6. The average Bonchev–Trinajstić information content (AvgIpc) is 2.99. The summed E-state index contributed by atoms with van der Waals surface area (Å²) in [5, 5.41) is 9.66. The molecule has 8 nitrogen and oxygen atoms in total. The van der Waals surface area contributed by atoms with Gasteiger partial charge in [-0.3, -0.25) is 14.4 Å². The maximum absolute atomic E-state index is 12.6. The molecular weight excluding hydrogens is 392 g/mol. The SMILES string of the molecule is C=C1C(=O)O[C@@H]2/C=C(\CO)CC/C=C(/C=O)C(OC(C)=O)[C@@H](OC(=O)C(C)CC)[C@@H]12. The van der Waals surface area contributed by atoms with E-state index in [1.54, 1.807) is 19.1 Å². The van der Waals surface area contributed by atoms with E-state index in [1.807, 2.05) is 6.92 Å². The number of ether oxygens (including phenoxy) is 3. The Morgan fingerprint density at radius 2 is 2.10 bits per heavy atom. The summed E-state index contributed by atoms with van der Waals surface area (Å²) in [6, 6.07) is 0. The van der Waals surface area contributed by atoms with Crippen LogP contribution in [-0.2, 0) is 33.4 Å². The Morgan fingerprint density at radius 3 is 2.67 bits per heavy atom. The van der Waals surface area contributed by atoms with Crippen molar-refractivity contribution in [2.24, 2.45) is 11.8 Å². The molecule has 2 unspecified atom stereocenters. The number of aliphatic hydroxyl groups is 1. The molecule has 0 aromatic carbocycles. The van der Waals surface area contributed by atoms with Crippen molar-refractivity contribution >= 4 is 24.2 Å². The maximum atomic E-state index is 12.6. The van der Waals surface area contributed by atoms with Gasteiger partial charge in [0.05, 0.1) is 18.4 Å². The predicted octanol–water partition coefficient (Wildman–Crippen LogP) is 1.81. The number of esters is 3. The molecule has 2 aliphatic rings. The molecule has 0 radical (unpaired) electrons. The van der Waals surface area contributed by atoms with Crippen LogP contribution in [0.5, 0.6) is 0 Å². The Kier molecular flexibility index (Phi) is 8.11. The molecule has 2 rings (SSSR count). The number of hydrogen-bond acceptors (Lipinski definition) is 8. The fourth-order valence-electron chi connectivity index (χ4n) is 3.48. The number of carbonyl (C=O) groups is 4. The monoisotopic (exact) mass is 420 g/mol. The zero-order chi connectivity index (χ0) is 22.4. The summed E-state index contributed by atoms with van der Waals surface area (Å²) in [5.74, 6) is -3.25. The first-order chi connectivity index (χ1) is 14.2. The van der Waals surface area contributed by atoms with Gasteiger partial charge < -0.3 is 19.3 Å². The zero-order valence-electron chi connectivity index (χ0n) is 17.5. The summed E-state index contributed by atoms with van der Waals surface area (Å²) in [5.41, 5.74) is 0.752. The quantitative estimate of drug-likeness (QED) is 0.227. The Labute approximate surface area is 175 Å². The molecule has 0 bridgehead atoms. The van der Waals surface area contributed by atoms with Crippen molar-refractivity contribution in [2.45, 2.75) is 58.3 Å². The lowest BCUT2D eigenvalue weighted by molar-refractivity contribution is -0.171. The van der Waals surface area contributed by atoms with Crippen LogP contribution in [-0.4, -0.2) is 54.2 Å². The normalized spacial score (nSPS) is 31.2. The van der Waals surface area contributed by atoms with E-state index >= 15 is 0 Å². The second kappa shape index (κ2) is 10.3. The summed E-state index contributed by atoms with van der Waals surface area (Å²) in [4.78, 5) is 48.6. The van der Waals surface area contributed by atoms with Gasteiger partial charge in [-0.15, -0.1) is 0 Å². The van der Waals surface area contributed by atoms with E-state index in [-0.39, 0.29) is 17.8 Å². The molecule has 5 atom stereocenters. The summed E-state index contributed by atoms with van der Waals surface area (Å²) in [6.07, 6.45) is 1.70. The van der Waals surface area contributed by atoms with Gasteiger partial charge in [0.15, 0.2) is 12.2 Å². The van der Waals surface area contributed by atoms with Crippen LogP contribution in [0.4, 0.5) is 0 Å². The number of aliphatic hydroxyl groups excluding tert-OH is 1. The van der Waals surface area contributed by atoms with Crippen LogP contribution in [0.15, 0.2) is 35.5 Å². The average molecular weight is 420 g/mol. The summed E-state index contributed by atoms with van der Waals surface area (Å²) >= 11 is 0. The third-order valence-corrected chi connectivity index (χ3v) is 5.39. The molecule has 1 fully saturated rings. The van der Waals surface area contributed by atoms with Gasteiger partial charge in [-0.25, -0.2) is 4.79 Å². The molecular formula is C22H28O8. The molecule has 1 heterocycles. The van der Waals surface area contributed by atoms with Crippen molar-refractivity contribution in [3.05, 3.63) is 35.5 Å². The van der Waals surface area contributed by atoms with E-state index in [0.29, 0.717) is 31.1 Å². The first kappa shape index (κ1) is 23.5. The largest absolute Gasteiger partial charge is 0.457 e. The van der Waals surface area contributed by atoms with Gasteiger partial charge >= 0.3 is 17.9 Å². The first-order valence-electron chi connectivity index (χ1n) is 9.96. The van der Waals surface area contributed by atoms with Crippen LogP contribution in [0.1, 0.15) is 40.0 Å². The van der Waals surface area contributed by atoms with Crippen LogP contribution in [0.25, 0.3) is 0 Å². The van der Waals surface area contributed by atoms with E-state index < -0.39 is 48.1 Å². The number of allylic oxidation sites excluding steroid dienone is 1. The highest BCUT2D eigenvalue weighted by atomic mass is 16.6. The predicted molar refractivity (Wildman–Crippen MR) is 106 cm³/mol. The summed E-state index contributed by atoms with van der Waals surface area (Å²) in [7, 11) is 0. The highest BCUT2D eigenvalue weighted by molar-refractivity contribution is 5.91. The number of carbonyl (C=O) groups excluding carboxylic acids is 4. The number of hydrogen-bond donors (Lipinski definition) is 1. The van der Waals surface area contributed by atoms with Crippen molar-refractivity contribution in [3.8, 4) is 0 Å². The molecule has 0 saturated carbocycles. The second-order valence-electron chi connectivity index (χ2n) is 7.51. The van der Waals surface area contributed by atoms with Crippen molar-refractivity contribution in [1.29, 1.82) is 0 Å². The van der Waals surface area contributed by atoms with Gasteiger partial charge in [-0.2, -0.15) is 0 Å². The third-order valence-electron chi connectivity index (χ3n) is 5.39. The highest BCUT2D eigenvalue weighted by Crippen LogP contribution is 2.37. The highest BCUT2D eigenvalue weighted by Gasteiger charge is 2.49. The van der Waals surface area contributed by atoms with E-state index in [4.69, 9.17) is 14.2 Å². The van der Waals surface area contributed by atoms with Gasteiger partial charge in [0.1, 0.15) is 12.4 Å². The topological polar surface area (TPSA) is 116 Å². The van der Waals surface area contributed by atoms with Gasteiger partial charge in [-0.1, -0.05) is 26.5 Å². The molecule has 1 saturated heterocycles. The van der Waals surface area contributed by atoms with Crippen LogP contribution in [0, 0.1) is 11.8 Å². The van der Waals surface area contributed by atoms with E-state index in [2.05, 4.69) is 6.58 Å². The second-order valence-corrected chi connectivity index (χ2v) is 7.51. The minimum Gasteiger partial charge on any atom is -0.457 e. The van der Waals surface area contributed by atoms with Crippen LogP contribution in [0.3, 0.4) is 0 Å². The van der Waals surface area contributed by atoms with Crippen LogP contribution in [0.2, 0.25) is 0 Å². The van der Waals surface area contributed by atoms with Gasteiger partial charge in [-0.05, 0) is 30.9 Å². The lowest BCUT2D eigenvalue weighted by Gasteiger charge is -2.33. The zero-order valence-corrected chi connectivity index (χ0v) is 17.5. The fourth-order valence-corrected chi connectivity index (χ4v) is 3.48. The van der Waals surface area contributed by atoms with Crippen molar-refractivity contribution in [2.75, 3.05) is 6.61 Å². The molecule has 1 aliphatic heterocycles. The summed E-state index contributed by atoms with van der Waals surface area (Å²) in [6.45, 7) is 8.20. The Balaban J connectivity index is 2.63. The maximum Gasteiger partial charge on any atom is 0.334 e.